The van der Waals surface area contributed by atoms with E-state index in [4.69, 9.17) is 4.42 Å². The summed E-state index contributed by atoms with van der Waals surface area (Å²) >= 11 is 0. The van der Waals surface area contributed by atoms with E-state index in [1.165, 1.54) is 17.5 Å². The molecule has 1 fully saturated rings. The Morgan fingerprint density at radius 3 is 2.44 bits per heavy atom. The van der Waals surface area contributed by atoms with Crippen molar-refractivity contribution in [3.63, 3.8) is 0 Å². The second kappa shape index (κ2) is 9.33. The molecule has 1 amide bonds. The van der Waals surface area contributed by atoms with Gasteiger partial charge < -0.3 is 9.73 Å². The highest BCUT2D eigenvalue weighted by Crippen LogP contribution is 2.39. The Kier molecular flexibility index (Phi) is 6.51. The molecule has 0 radical (unpaired) electrons. The van der Waals surface area contributed by atoms with Crippen LogP contribution >= 0.6 is 0 Å². The standard InChI is InChI=1S/C26H29NO4S/c1-20-9-8-10-21(17-20)26(15-6-3-7-16-26)19-27-25(28)24-14-13-22(31-24)18-32(29,30)23-11-4-2-5-12-23/h2,4-5,8-14,17H,3,6-7,15-16,18-19H2,1H3,(H,27,28). The summed E-state index contributed by atoms with van der Waals surface area (Å²) in [6.07, 6.45) is 5.59. The minimum atomic E-state index is -3.53. The van der Waals surface area contributed by atoms with Crippen molar-refractivity contribution in [3.8, 4) is 0 Å². The zero-order valence-electron chi connectivity index (χ0n) is 18.3. The average Bonchev–Trinajstić information content (AvgIpc) is 3.26. The molecule has 4 rings (SSSR count). The van der Waals surface area contributed by atoms with E-state index in [1.807, 2.05) is 0 Å². The summed E-state index contributed by atoms with van der Waals surface area (Å²) in [7, 11) is -3.53. The predicted octanol–water partition coefficient (Wildman–Crippen LogP) is 5.19. The van der Waals surface area contributed by atoms with Gasteiger partial charge in [0.1, 0.15) is 11.5 Å². The smallest absolute Gasteiger partial charge is 0.287 e. The SMILES string of the molecule is Cc1cccc(C2(CNC(=O)c3ccc(CS(=O)(=O)c4ccccc4)o3)CCCCC2)c1. The van der Waals surface area contributed by atoms with Gasteiger partial charge in [-0.25, -0.2) is 8.42 Å². The van der Waals surface area contributed by atoms with Crippen molar-refractivity contribution in [2.24, 2.45) is 0 Å². The second-order valence-electron chi connectivity index (χ2n) is 8.73. The van der Waals surface area contributed by atoms with E-state index in [1.54, 1.807) is 42.5 Å². The largest absolute Gasteiger partial charge is 0.455 e. The zero-order chi connectivity index (χ0) is 22.6. The molecule has 0 spiro atoms. The molecule has 1 aliphatic carbocycles. The lowest BCUT2D eigenvalue weighted by Crippen LogP contribution is -2.42. The van der Waals surface area contributed by atoms with Crippen LogP contribution in [0.1, 0.15) is 59.5 Å². The number of hydrogen-bond donors (Lipinski definition) is 1. The number of hydrogen-bond acceptors (Lipinski definition) is 4. The predicted molar refractivity (Wildman–Crippen MR) is 124 cm³/mol. The number of carbonyl (C=O) groups is 1. The van der Waals surface area contributed by atoms with Crippen molar-refractivity contribution >= 4 is 15.7 Å². The van der Waals surface area contributed by atoms with Crippen molar-refractivity contribution in [3.05, 3.63) is 89.4 Å². The van der Waals surface area contributed by atoms with Crippen molar-refractivity contribution < 1.29 is 17.6 Å². The van der Waals surface area contributed by atoms with E-state index in [0.29, 0.717) is 6.54 Å². The molecule has 3 aromatic rings. The number of benzene rings is 2. The Balaban J connectivity index is 1.45. The monoisotopic (exact) mass is 451 g/mol. The molecule has 5 nitrogen and oxygen atoms in total. The Bertz CT molecular complexity index is 1180. The number of nitrogens with one attached hydrogen (secondary N) is 1. The average molecular weight is 452 g/mol. The lowest BCUT2D eigenvalue weighted by Gasteiger charge is -2.38. The maximum atomic E-state index is 12.8. The van der Waals surface area contributed by atoms with E-state index in [-0.39, 0.29) is 33.5 Å². The zero-order valence-corrected chi connectivity index (χ0v) is 19.2. The summed E-state index contributed by atoms with van der Waals surface area (Å²) in [6, 6.07) is 19.9. The van der Waals surface area contributed by atoms with E-state index in [0.717, 1.165) is 25.7 Å². The van der Waals surface area contributed by atoms with Crippen LogP contribution in [-0.2, 0) is 21.0 Å². The molecular formula is C26H29NO4S. The maximum Gasteiger partial charge on any atom is 0.287 e. The van der Waals surface area contributed by atoms with Crippen LogP contribution in [0.5, 0.6) is 0 Å². The molecule has 0 aliphatic heterocycles. The Morgan fingerprint density at radius 2 is 1.72 bits per heavy atom. The van der Waals surface area contributed by atoms with Gasteiger partial charge in [0.25, 0.3) is 5.91 Å². The second-order valence-corrected chi connectivity index (χ2v) is 10.7. The van der Waals surface area contributed by atoms with Crippen molar-refractivity contribution in [1.29, 1.82) is 0 Å². The highest BCUT2D eigenvalue weighted by atomic mass is 32.2. The third-order valence-electron chi connectivity index (χ3n) is 6.35. The van der Waals surface area contributed by atoms with Crippen molar-refractivity contribution in [1.82, 2.24) is 5.32 Å². The number of rotatable bonds is 7. The number of carbonyl (C=O) groups excluding carboxylic acids is 1. The highest BCUT2D eigenvalue weighted by Gasteiger charge is 2.34. The van der Waals surface area contributed by atoms with Crippen LogP contribution in [0.2, 0.25) is 0 Å². The van der Waals surface area contributed by atoms with Gasteiger partial charge in [0.05, 0.1) is 4.90 Å². The summed E-state index contributed by atoms with van der Waals surface area (Å²) in [5.74, 6) is -0.202. The van der Waals surface area contributed by atoms with Crippen molar-refractivity contribution in [2.45, 2.75) is 55.1 Å². The quantitative estimate of drug-likeness (QED) is 0.536. The van der Waals surface area contributed by atoms with Gasteiger partial charge in [0.15, 0.2) is 15.6 Å². The van der Waals surface area contributed by atoms with E-state index in [9.17, 15) is 13.2 Å². The molecule has 1 heterocycles. The molecule has 168 valence electrons. The fourth-order valence-corrected chi connectivity index (χ4v) is 5.85. The van der Waals surface area contributed by atoms with Gasteiger partial charge in [-0.2, -0.15) is 0 Å². The third kappa shape index (κ3) is 4.96. The minimum Gasteiger partial charge on any atom is -0.455 e. The first-order valence-corrected chi connectivity index (χ1v) is 12.8. The number of sulfone groups is 1. The van der Waals surface area contributed by atoms with Gasteiger partial charge in [0.2, 0.25) is 0 Å². The Morgan fingerprint density at radius 1 is 0.969 bits per heavy atom. The molecule has 0 saturated heterocycles. The van der Waals surface area contributed by atoms with Gasteiger partial charge in [-0.3, -0.25) is 4.79 Å². The summed E-state index contributed by atoms with van der Waals surface area (Å²) < 4.78 is 30.8. The van der Waals surface area contributed by atoms with Crippen LogP contribution in [0.25, 0.3) is 0 Å². The van der Waals surface area contributed by atoms with Crippen LogP contribution < -0.4 is 5.32 Å². The van der Waals surface area contributed by atoms with Gasteiger partial charge in [-0.1, -0.05) is 67.3 Å². The molecule has 1 aliphatic rings. The fraction of sp³-hybridized carbons (Fsp3) is 0.346. The van der Waals surface area contributed by atoms with Gasteiger partial charge in [-0.05, 0) is 49.6 Å². The summed E-state index contributed by atoms with van der Waals surface area (Å²) in [5, 5.41) is 3.05. The molecule has 1 aromatic heterocycles. The van der Waals surface area contributed by atoms with Crippen LogP contribution in [0.4, 0.5) is 0 Å². The minimum absolute atomic E-state index is 0.0774. The van der Waals surface area contributed by atoms with Gasteiger partial charge in [0, 0.05) is 12.0 Å². The van der Waals surface area contributed by atoms with Crippen LogP contribution in [0.3, 0.4) is 0 Å². The molecule has 6 heteroatoms. The normalized spacial score (nSPS) is 15.9. The Labute approximate surface area is 189 Å². The molecule has 32 heavy (non-hydrogen) atoms. The third-order valence-corrected chi connectivity index (χ3v) is 8.00. The molecule has 0 atom stereocenters. The fourth-order valence-electron chi connectivity index (χ4n) is 4.58. The van der Waals surface area contributed by atoms with Crippen molar-refractivity contribution in [2.75, 3.05) is 6.54 Å². The van der Waals surface area contributed by atoms with Crippen LogP contribution in [0, 0.1) is 6.92 Å². The van der Waals surface area contributed by atoms with E-state index in [2.05, 4.69) is 36.5 Å². The first-order valence-electron chi connectivity index (χ1n) is 11.1. The number of furan rings is 1. The number of amides is 1. The molecule has 0 unspecified atom stereocenters. The molecular weight excluding hydrogens is 422 g/mol. The first-order chi connectivity index (χ1) is 15.4. The lowest BCUT2D eigenvalue weighted by atomic mass is 9.69. The van der Waals surface area contributed by atoms with Gasteiger partial charge >= 0.3 is 0 Å². The molecule has 2 aromatic carbocycles. The molecule has 1 saturated carbocycles. The van der Waals surface area contributed by atoms with E-state index >= 15 is 0 Å². The van der Waals surface area contributed by atoms with Gasteiger partial charge in [-0.15, -0.1) is 0 Å². The van der Waals surface area contributed by atoms with Crippen LogP contribution in [-0.4, -0.2) is 20.9 Å². The number of aryl methyl sites for hydroxylation is 1. The Hall–Kier alpha value is -2.86. The highest BCUT2D eigenvalue weighted by molar-refractivity contribution is 7.90. The maximum absolute atomic E-state index is 12.8. The summed E-state index contributed by atoms with van der Waals surface area (Å²) in [4.78, 5) is 13.1. The summed E-state index contributed by atoms with van der Waals surface area (Å²) in [5.41, 5.74) is 2.41. The van der Waals surface area contributed by atoms with Crippen LogP contribution in [0.15, 0.2) is 76.0 Å². The summed E-state index contributed by atoms with van der Waals surface area (Å²) in [6.45, 7) is 2.63. The first kappa shape index (κ1) is 22.3. The lowest BCUT2D eigenvalue weighted by molar-refractivity contribution is 0.0907. The molecule has 1 N–H and O–H groups in total. The van der Waals surface area contributed by atoms with E-state index < -0.39 is 9.84 Å². The molecule has 0 bridgehead atoms. The topological polar surface area (TPSA) is 76.4 Å².